The fourth-order valence-corrected chi connectivity index (χ4v) is 5.93. The van der Waals surface area contributed by atoms with Gasteiger partial charge in [-0.25, -0.2) is 0 Å². The average molecular weight is 484 g/mol. The van der Waals surface area contributed by atoms with Crippen molar-refractivity contribution in [2.45, 2.75) is 0 Å². The highest BCUT2D eigenvalue weighted by Crippen LogP contribution is 2.57. The van der Waals surface area contributed by atoms with Crippen LogP contribution < -0.4 is 0 Å². The Kier molecular flexibility index (Phi) is 4.06. The molecule has 0 saturated heterocycles. The van der Waals surface area contributed by atoms with Crippen LogP contribution in [0, 0.1) is 0 Å². The highest BCUT2D eigenvalue weighted by atomic mass is 79.9. The summed E-state index contributed by atoms with van der Waals surface area (Å²) in [6.45, 7) is 0. The van der Waals surface area contributed by atoms with Crippen molar-refractivity contribution < 1.29 is 0 Å². The van der Waals surface area contributed by atoms with Gasteiger partial charge in [0.15, 0.2) is 0 Å². The van der Waals surface area contributed by atoms with Gasteiger partial charge in [-0.05, 0) is 72.8 Å². The maximum atomic E-state index is 4.56. The second-order valence-corrected chi connectivity index (χ2v) is 9.33. The van der Waals surface area contributed by atoms with E-state index < -0.39 is 0 Å². The summed E-state index contributed by atoms with van der Waals surface area (Å²) in [6, 6.07) is 34.8. The van der Waals surface area contributed by atoms with Crippen molar-refractivity contribution in [3.8, 4) is 44.5 Å². The molecule has 154 valence electrons. The third kappa shape index (κ3) is 2.62. The molecule has 0 fully saturated rings. The van der Waals surface area contributed by atoms with E-state index in [0.29, 0.717) is 0 Å². The first-order valence-electron chi connectivity index (χ1n) is 11.1. The Balaban J connectivity index is 1.78. The lowest BCUT2D eigenvalue weighted by Gasteiger charge is -2.20. The van der Waals surface area contributed by atoms with E-state index in [2.05, 4.69) is 118 Å². The molecule has 1 aromatic heterocycles. The number of hydrogen-bond donors (Lipinski definition) is 0. The number of benzene rings is 5. The third-order valence-electron chi connectivity index (χ3n) is 6.76. The Morgan fingerprint density at radius 1 is 0.485 bits per heavy atom. The number of aromatic nitrogens is 1. The van der Waals surface area contributed by atoms with Gasteiger partial charge >= 0.3 is 0 Å². The molecule has 0 aliphatic heterocycles. The van der Waals surface area contributed by atoms with Crippen LogP contribution in [0.4, 0.5) is 0 Å². The number of hydrogen-bond acceptors (Lipinski definition) is 1. The van der Waals surface area contributed by atoms with E-state index in [4.69, 9.17) is 0 Å². The van der Waals surface area contributed by atoms with E-state index >= 15 is 0 Å². The summed E-state index contributed by atoms with van der Waals surface area (Å²) < 4.78 is 1.13. The van der Waals surface area contributed by atoms with Crippen molar-refractivity contribution in [1.29, 1.82) is 0 Å². The van der Waals surface area contributed by atoms with Gasteiger partial charge in [0.05, 0.1) is 0 Å². The first kappa shape index (κ1) is 18.8. The summed E-state index contributed by atoms with van der Waals surface area (Å²) in [5.41, 5.74) is 10.2. The normalized spacial score (nSPS) is 11.8. The van der Waals surface area contributed by atoms with Gasteiger partial charge in [0, 0.05) is 22.3 Å². The molecular weight excluding hydrogens is 466 g/mol. The minimum atomic E-state index is 1.13. The van der Waals surface area contributed by atoms with Gasteiger partial charge in [-0.2, -0.15) is 0 Å². The number of nitrogens with zero attached hydrogens (tertiary/aromatic N) is 1. The van der Waals surface area contributed by atoms with Gasteiger partial charge in [-0.1, -0.05) is 101 Å². The van der Waals surface area contributed by atoms with Crippen LogP contribution in [0.3, 0.4) is 0 Å². The molecule has 0 radical (unpaired) electrons. The predicted molar refractivity (Wildman–Crippen MR) is 142 cm³/mol. The van der Waals surface area contributed by atoms with Crippen LogP contribution in [0.15, 0.2) is 114 Å². The van der Waals surface area contributed by atoms with Crippen LogP contribution >= 0.6 is 15.9 Å². The van der Waals surface area contributed by atoms with Crippen LogP contribution in [0.2, 0.25) is 0 Å². The van der Waals surface area contributed by atoms with Gasteiger partial charge in [0.2, 0.25) is 0 Å². The molecule has 0 saturated carbocycles. The molecule has 0 atom stereocenters. The molecule has 1 nitrogen and oxygen atoms in total. The number of halogens is 1. The van der Waals surface area contributed by atoms with E-state index in [1.165, 1.54) is 66.1 Å². The SMILES string of the molecule is Brc1ccc2c3c(cccc13)-c1c-2c(-c2ccccc2)c2cnccc2c1-c1ccccc1. The zero-order chi connectivity index (χ0) is 21.9. The lowest BCUT2D eigenvalue weighted by atomic mass is 9.83. The Bertz CT molecular complexity index is 1610. The quantitative estimate of drug-likeness (QED) is 0.238. The predicted octanol–water partition coefficient (Wildman–Crippen LogP) is 9.13. The Hall–Kier alpha value is -3.75. The van der Waals surface area contributed by atoms with Crippen molar-refractivity contribution in [2.24, 2.45) is 0 Å². The molecule has 33 heavy (non-hydrogen) atoms. The summed E-state index contributed by atoms with van der Waals surface area (Å²) >= 11 is 3.80. The molecule has 7 rings (SSSR count). The largest absolute Gasteiger partial charge is 0.264 e. The van der Waals surface area contributed by atoms with Crippen molar-refractivity contribution >= 4 is 37.5 Å². The molecule has 0 unspecified atom stereocenters. The second kappa shape index (κ2) is 7.13. The molecule has 0 amide bonds. The Labute approximate surface area is 200 Å². The minimum absolute atomic E-state index is 1.13. The summed E-state index contributed by atoms with van der Waals surface area (Å²) in [4.78, 5) is 4.56. The van der Waals surface area contributed by atoms with E-state index in [1.807, 2.05) is 12.4 Å². The fourth-order valence-electron chi connectivity index (χ4n) is 5.47. The second-order valence-electron chi connectivity index (χ2n) is 8.48. The molecule has 1 heterocycles. The van der Waals surface area contributed by atoms with Crippen molar-refractivity contribution in [3.05, 3.63) is 114 Å². The van der Waals surface area contributed by atoms with E-state index in [0.717, 1.165) is 4.47 Å². The highest BCUT2D eigenvalue weighted by molar-refractivity contribution is 9.10. The number of rotatable bonds is 2. The minimum Gasteiger partial charge on any atom is -0.264 e. The highest BCUT2D eigenvalue weighted by Gasteiger charge is 2.30. The van der Waals surface area contributed by atoms with E-state index in [-0.39, 0.29) is 0 Å². The smallest absolute Gasteiger partial charge is 0.0353 e. The number of fused-ring (bicyclic) bond motifs is 4. The summed E-state index contributed by atoms with van der Waals surface area (Å²) in [6.07, 6.45) is 3.94. The van der Waals surface area contributed by atoms with Crippen LogP contribution in [-0.2, 0) is 0 Å². The van der Waals surface area contributed by atoms with Crippen LogP contribution in [-0.4, -0.2) is 4.98 Å². The zero-order valence-electron chi connectivity index (χ0n) is 17.7. The van der Waals surface area contributed by atoms with Crippen LogP contribution in [0.5, 0.6) is 0 Å². The molecule has 0 N–H and O–H groups in total. The Morgan fingerprint density at radius 3 is 1.82 bits per heavy atom. The summed E-state index contributed by atoms with van der Waals surface area (Å²) in [5.74, 6) is 0. The molecule has 1 aliphatic rings. The third-order valence-corrected chi connectivity index (χ3v) is 7.45. The van der Waals surface area contributed by atoms with Gasteiger partial charge in [-0.15, -0.1) is 0 Å². The van der Waals surface area contributed by atoms with Crippen molar-refractivity contribution in [3.63, 3.8) is 0 Å². The lowest BCUT2D eigenvalue weighted by Crippen LogP contribution is -1.94. The maximum absolute atomic E-state index is 4.56. The molecule has 5 aromatic carbocycles. The summed E-state index contributed by atoms with van der Waals surface area (Å²) in [5, 5.41) is 4.99. The average Bonchev–Trinajstić information content (AvgIpc) is 3.21. The Morgan fingerprint density at radius 2 is 1.12 bits per heavy atom. The molecule has 0 bridgehead atoms. The number of pyridine rings is 1. The standard InChI is InChI=1S/C31H18BrN/c32-26-15-14-24-29-22(26)12-7-13-23(29)30-27(19-8-3-1-4-9-19)21-16-17-33-18-25(21)28(31(24)30)20-10-5-2-6-11-20/h1-18H. The first-order chi connectivity index (χ1) is 16.3. The van der Waals surface area contributed by atoms with Crippen molar-refractivity contribution in [2.75, 3.05) is 0 Å². The van der Waals surface area contributed by atoms with Crippen LogP contribution in [0.25, 0.3) is 66.1 Å². The maximum Gasteiger partial charge on any atom is 0.0353 e. The lowest BCUT2D eigenvalue weighted by molar-refractivity contribution is 1.36. The molecule has 6 aromatic rings. The monoisotopic (exact) mass is 483 g/mol. The van der Waals surface area contributed by atoms with E-state index in [1.54, 1.807) is 0 Å². The molecular formula is C31H18BrN. The van der Waals surface area contributed by atoms with Gasteiger partial charge < -0.3 is 0 Å². The van der Waals surface area contributed by atoms with Gasteiger partial charge in [0.1, 0.15) is 0 Å². The molecule has 1 aliphatic carbocycles. The fraction of sp³-hybridized carbons (Fsp3) is 0. The molecule has 2 heteroatoms. The first-order valence-corrected chi connectivity index (χ1v) is 11.9. The summed E-state index contributed by atoms with van der Waals surface area (Å²) in [7, 11) is 0. The zero-order valence-corrected chi connectivity index (χ0v) is 19.3. The van der Waals surface area contributed by atoms with Crippen LogP contribution in [0.1, 0.15) is 0 Å². The van der Waals surface area contributed by atoms with E-state index in [9.17, 15) is 0 Å². The topological polar surface area (TPSA) is 12.9 Å². The molecule has 0 spiro atoms. The van der Waals surface area contributed by atoms with Gasteiger partial charge in [0.25, 0.3) is 0 Å². The van der Waals surface area contributed by atoms with Crippen molar-refractivity contribution in [1.82, 2.24) is 4.98 Å². The van der Waals surface area contributed by atoms with Gasteiger partial charge in [-0.3, -0.25) is 4.98 Å².